The van der Waals surface area contributed by atoms with Crippen molar-refractivity contribution in [2.24, 2.45) is 11.8 Å². The highest BCUT2D eigenvalue weighted by Gasteiger charge is 2.35. The fourth-order valence-electron chi connectivity index (χ4n) is 1.65. The van der Waals surface area contributed by atoms with Gasteiger partial charge in [-0.15, -0.1) is 0 Å². The van der Waals surface area contributed by atoms with Crippen molar-refractivity contribution in [3.63, 3.8) is 0 Å². The number of hydrogen-bond acceptors (Lipinski definition) is 2. The zero-order valence-corrected chi connectivity index (χ0v) is 7.22. The molecule has 0 bridgehead atoms. The van der Waals surface area contributed by atoms with E-state index >= 15 is 0 Å². The predicted molar refractivity (Wildman–Crippen MR) is 43.3 cm³/mol. The van der Waals surface area contributed by atoms with Gasteiger partial charge in [0.15, 0.2) is 5.76 Å². The van der Waals surface area contributed by atoms with Crippen molar-refractivity contribution in [2.75, 3.05) is 0 Å². The quantitative estimate of drug-likeness (QED) is 0.627. The van der Waals surface area contributed by atoms with Crippen LogP contribution in [0.3, 0.4) is 0 Å². The Labute approximate surface area is 66.9 Å². The van der Waals surface area contributed by atoms with Crippen molar-refractivity contribution >= 4 is 5.78 Å². The number of Topliss-reactive ketones (excluding diaryl/α,β-unsaturated/α-hetero) is 1. The van der Waals surface area contributed by atoms with Crippen LogP contribution < -0.4 is 0 Å². The highest BCUT2D eigenvalue weighted by molar-refractivity contribution is 5.98. The molecule has 2 unspecified atom stereocenters. The van der Waals surface area contributed by atoms with E-state index in [0.717, 1.165) is 12.0 Å². The summed E-state index contributed by atoms with van der Waals surface area (Å²) >= 11 is 0. The minimum absolute atomic E-state index is 0.00403. The van der Waals surface area contributed by atoms with Crippen LogP contribution in [0.2, 0.25) is 0 Å². The molecule has 1 rings (SSSR count). The molecule has 1 aliphatic carbocycles. The van der Waals surface area contributed by atoms with E-state index in [1.165, 1.54) is 0 Å². The summed E-state index contributed by atoms with van der Waals surface area (Å²) in [6.45, 7) is 5.79. The summed E-state index contributed by atoms with van der Waals surface area (Å²) in [4.78, 5) is 11.2. The maximum absolute atomic E-state index is 11.2. The summed E-state index contributed by atoms with van der Waals surface area (Å²) in [7, 11) is 0. The first-order chi connectivity index (χ1) is 5.09. The summed E-state index contributed by atoms with van der Waals surface area (Å²) in [6, 6.07) is 0. The zero-order chi connectivity index (χ0) is 8.59. The minimum atomic E-state index is -0.0718. The van der Waals surface area contributed by atoms with E-state index < -0.39 is 0 Å². The number of carbonyl (C=O) groups is 1. The maximum atomic E-state index is 11.2. The molecule has 0 aromatic carbocycles. The van der Waals surface area contributed by atoms with Gasteiger partial charge in [0.1, 0.15) is 0 Å². The minimum Gasteiger partial charge on any atom is -0.504 e. The highest BCUT2D eigenvalue weighted by Crippen LogP contribution is 2.34. The number of allylic oxidation sites excluding steroid dienone is 2. The second kappa shape index (κ2) is 2.68. The second-order valence-corrected chi connectivity index (χ2v) is 3.20. The lowest BCUT2D eigenvalue weighted by Crippen LogP contribution is -2.14. The van der Waals surface area contributed by atoms with Gasteiger partial charge in [-0.25, -0.2) is 0 Å². The van der Waals surface area contributed by atoms with Crippen LogP contribution >= 0.6 is 0 Å². The third-order valence-electron chi connectivity index (χ3n) is 2.67. The lowest BCUT2D eigenvalue weighted by atomic mass is 9.91. The van der Waals surface area contributed by atoms with Crippen molar-refractivity contribution in [2.45, 2.75) is 27.2 Å². The van der Waals surface area contributed by atoms with Gasteiger partial charge in [-0.05, 0) is 24.8 Å². The van der Waals surface area contributed by atoms with Gasteiger partial charge in [0.05, 0.1) is 0 Å². The number of aliphatic hydroxyl groups is 1. The van der Waals surface area contributed by atoms with Gasteiger partial charge in [0.2, 0.25) is 5.78 Å². The normalized spacial score (nSPS) is 31.7. The first kappa shape index (κ1) is 8.31. The van der Waals surface area contributed by atoms with Crippen molar-refractivity contribution in [3.8, 4) is 0 Å². The molecule has 0 saturated heterocycles. The molecule has 0 fully saturated rings. The average Bonchev–Trinajstić information content (AvgIpc) is 2.17. The smallest absolute Gasteiger partial charge is 0.200 e. The molecule has 62 valence electrons. The van der Waals surface area contributed by atoms with Crippen LogP contribution in [-0.2, 0) is 4.79 Å². The third-order valence-corrected chi connectivity index (χ3v) is 2.67. The molecular formula is C9H14O2. The van der Waals surface area contributed by atoms with Crippen LogP contribution in [-0.4, -0.2) is 10.9 Å². The summed E-state index contributed by atoms with van der Waals surface area (Å²) < 4.78 is 0. The summed E-state index contributed by atoms with van der Waals surface area (Å²) in [5.74, 6) is 0.185. The molecule has 11 heavy (non-hydrogen) atoms. The molecule has 1 aliphatic rings. The van der Waals surface area contributed by atoms with Gasteiger partial charge >= 0.3 is 0 Å². The van der Waals surface area contributed by atoms with E-state index in [1.54, 1.807) is 0 Å². The van der Waals surface area contributed by atoms with E-state index in [9.17, 15) is 9.90 Å². The topological polar surface area (TPSA) is 37.3 Å². The van der Waals surface area contributed by atoms with Crippen LogP contribution in [0, 0.1) is 11.8 Å². The standard InChI is InChI=1S/C9H14O2/c1-4-7-5(2)6(3)8(10)9(7)11/h5,7,10H,4H2,1-3H3. The van der Waals surface area contributed by atoms with Crippen LogP contribution in [0.4, 0.5) is 0 Å². The maximum Gasteiger partial charge on any atom is 0.200 e. The molecule has 2 heteroatoms. The Morgan fingerprint density at radius 3 is 2.27 bits per heavy atom. The first-order valence-corrected chi connectivity index (χ1v) is 4.03. The Hall–Kier alpha value is -0.790. The van der Waals surface area contributed by atoms with Gasteiger partial charge in [-0.1, -0.05) is 13.8 Å². The second-order valence-electron chi connectivity index (χ2n) is 3.20. The molecule has 1 N–H and O–H groups in total. The molecule has 2 atom stereocenters. The van der Waals surface area contributed by atoms with Gasteiger partial charge in [-0.2, -0.15) is 0 Å². The zero-order valence-electron chi connectivity index (χ0n) is 7.22. The molecule has 0 heterocycles. The van der Waals surface area contributed by atoms with E-state index in [4.69, 9.17) is 0 Å². The van der Waals surface area contributed by atoms with Crippen LogP contribution in [0.15, 0.2) is 11.3 Å². The van der Waals surface area contributed by atoms with Crippen LogP contribution in [0.5, 0.6) is 0 Å². The number of hydrogen-bond donors (Lipinski definition) is 1. The summed E-state index contributed by atoms with van der Waals surface area (Å²) in [5.41, 5.74) is 0.849. The molecule has 0 amide bonds. The Balaban J connectivity index is 2.92. The largest absolute Gasteiger partial charge is 0.504 e. The molecule has 0 aromatic rings. The Kier molecular flexibility index (Phi) is 2.03. The number of rotatable bonds is 1. The van der Waals surface area contributed by atoms with Crippen molar-refractivity contribution in [3.05, 3.63) is 11.3 Å². The molecule has 0 aromatic heterocycles. The fourth-order valence-corrected chi connectivity index (χ4v) is 1.65. The van der Waals surface area contributed by atoms with Crippen LogP contribution in [0.1, 0.15) is 27.2 Å². The highest BCUT2D eigenvalue weighted by atomic mass is 16.3. The Morgan fingerprint density at radius 1 is 1.55 bits per heavy atom. The van der Waals surface area contributed by atoms with Crippen molar-refractivity contribution in [1.29, 1.82) is 0 Å². The Bertz CT molecular complexity index is 216. The van der Waals surface area contributed by atoms with E-state index in [2.05, 4.69) is 0 Å². The SMILES string of the molecule is CCC1C(=O)C(O)=C(C)C1C. The molecule has 2 nitrogen and oxygen atoms in total. The van der Waals surface area contributed by atoms with Gasteiger partial charge in [0, 0.05) is 5.92 Å². The lowest BCUT2D eigenvalue weighted by molar-refractivity contribution is -0.121. The average molecular weight is 154 g/mol. The number of aliphatic hydroxyl groups excluding tert-OH is 1. The van der Waals surface area contributed by atoms with Gasteiger partial charge in [0.25, 0.3) is 0 Å². The van der Waals surface area contributed by atoms with Crippen molar-refractivity contribution in [1.82, 2.24) is 0 Å². The van der Waals surface area contributed by atoms with Gasteiger partial charge in [-0.3, -0.25) is 4.79 Å². The molecule has 0 radical (unpaired) electrons. The van der Waals surface area contributed by atoms with Gasteiger partial charge < -0.3 is 5.11 Å². The third kappa shape index (κ3) is 1.06. The summed E-state index contributed by atoms with van der Waals surface area (Å²) in [6.07, 6.45) is 0.821. The number of ketones is 1. The number of carbonyl (C=O) groups excluding carboxylic acids is 1. The van der Waals surface area contributed by atoms with Crippen LogP contribution in [0.25, 0.3) is 0 Å². The van der Waals surface area contributed by atoms with E-state index in [0.29, 0.717) is 0 Å². The fraction of sp³-hybridized carbons (Fsp3) is 0.667. The molecular weight excluding hydrogens is 140 g/mol. The van der Waals surface area contributed by atoms with Crippen molar-refractivity contribution < 1.29 is 9.90 Å². The van der Waals surface area contributed by atoms with E-state index in [1.807, 2.05) is 20.8 Å². The first-order valence-electron chi connectivity index (χ1n) is 4.03. The monoisotopic (exact) mass is 154 g/mol. The predicted octanol–water partition coefficient (Wildman–Crippen LogP) is 2.06. The van der Waals surface area contributed by atoms with E-state index in [-0.39, 0.29) is 23.4 Å². The molecule has 0 spiro atoms. The lowest BCUT2D eigenvalue weighted by Gasteiger charge is -2.11. The summed E-state index contributed by atoms with van der Waals surface area (Å²) in [5, 5.41) is 9.27. The molecule has 0 aliphatic heterocycles. The Morgan fingerprint density at radius 2 is 2.09 bits per heavy atom. The molecule has 0 saturated carbocycles.